The first kappa shape index (κ1) is 16.5. The topological polar surface area (TPSA) is 63.8 Å². The third kappa shape index (κ3) is 3.92. The summed E-state index contributed by atoms with van der Waals surface area (Å²) in [6, 6.07) is 12.4. The zero-order valence-electron chi connectivity index (χ0n) is 13.7. The van der Waals surface area contributed by atoms with Gasteiger partial charge in [0.25, 0.3) is 5.91 Å². The summed E-state index contributed by atoms with van der Waals surface area (Å²) in [5.41, 5.74) is 0.624. The maximum absolute atomic E-state index is 13.0. The zero-order chi connectivity index (χ0) is 16.8. The molecule has 1 atom stereocenters. The molecule has 2 heterocycles. The van der Waals surface area contributed by atoms with Gasteiger partial charge in [-0.3, -0.25) is 14.9 Å². The molecule has 1 aliphatic rings. The highest BCUT2D eigenvalue weighted by Crippen LogP contribution is 2.06. The Kier molecular flexibility index (Phi) is 5.43. The highest BCUT2D eigenvalue weighted by Gasteiger charge is 2.33. The Morgan fingerprint density at radius 2 is 1.67 bits per heavy atom. The van der Waals surface area contributed by atoms with Crippen molar-refractivity contribution in [1.82, 2.24) is 5.32 Å². The van der Waals surface area contributed by atoms with Crippen molar-refractivity contribution >= 4 is 11.7 Å². The van der Waals surface area contributed by atoms with Gasteiger partial charge >= 0.3 is 0 Å². The van der Waals surface area contributed by atoms with Crippen molar-refractivity contribution in [3.05, 3.63) is 60.1 Å². The quantitative estimate of drug-likeness (QED) is 0.821. The van der Waals surface area contributed by atoms with Gasteiger partial charge in [0, 0.05) is 5.56 Å². The van der Waals surface area contributed by atoms with E-state index in [2.05, 4.69) is 5.32 Å². The van der Waals surface area contributed by atoms with E-state index < -0.39 is 6.17 Å². The van der Waals surface area contributed by atoms with Crippen LogP contribution in [-0.2, 0) is 0 Å². The molecule has 1 aliphatic heterocycles. The maximum Gasteiger partial charge on any atom is 0.291 e. The van der Waals surface area contributed by atoms with Crippen molar-refractivity contribution in [2.75, 3.05) is 13.1 Å². The van der Waals surface area contributed by atoms with E-state index in [1.807, 2.05) is 18.2 Å². The van der Waals surface area contributed by atoms with Crippen LogP contribution in [0.1, 0.15) is 46.6 Å². The van der Waals surface area contributed by atoms with Gasteiger partial charge in [0.15, 0.2) is 5.76 Å². The molecule has 5 nitrogen and oxygen atoms in total. The number of amides is 1. The minimum Gasteiger partial charge on any atom is -0.459 e. The fourth-order valence-corrected chi connectivity index (χ4v) is 3.20. The molecule has 1 aromatic carbocycles. The lowest BCUT2D eigenvalue weighted by Gasteiger charge is -2.26. The van der Waals surface area contributed by atoms with Crippen LogP contribution >= 0.6 is 0 Å². The number of carbonyl (C=O) groups excluding carboxylic acids is 2. The average molecular weight is 327 g/mol. The number of quaternary nitrogens is 1. The van der Waals surface area contributed by atoms with Crippen LogP contribution in [-0.4, -0.2) is 30.9 Å². The number of benzene rings is 1. The predicted molar refractivity (Wildman–Crippen MR) is 89.9 cm³/mol. The van der Waals surface area contributed by atoms with Crippen molar-refractivity contribution in [3.63, 3.8) is 0 Å². The van der Waals surface area contributed by atoms with Gasteiger partial charge in [-0.15, -0.1) is 0 Å². The molecule has 0 bridgehead atoms. The lowest BCUT2D eigenvalue weighted by molar-refractivity contribution is -0.916. The molecular weight excluding hydrogens is 304 g/mol. The molecule has 24 heavy (non-hydrogen) atoms. The predicted octanol–water partition coefficient (Wildman–Crippen LogP) is 1.68. The van der Waals surface area contributed by atoms with E-state index in [1.165, 1.54) is 19.1 Å². The summed E-state index contributed by atoms with van der Waals surface area (Å²) in [6.45, 7) is 1.78. The monoisotopic (exact) mass is 327 g/mol. The molecular formula is C19H23N2O3+. The first-order valence-corrected chi connectivity index (χ1v) is 8.54. The lowest BCUT2D eigenvalue weighted by Crippen LogP contribution is -3.18. The summed E-state index contributed by atoms with van der Waals surface area (Å²) in [5.74, 6) is -0.159. The number of nitrogens with one attached hydrogen (secondary N) is 2. The van der Waals surface area contributed by atoms with E-state index in [1.54, 1.807) is 24.3 Å². The van der Waals surface area contributed by atoms with Gasteiger partial charge in [-0.05, 0) is 37.8 Å². The van der Waals surface area contributed by atoms with Crippen molar-refractivity contribution in [3.8, 4) is 0 Å². The number of hydrogen-bond acceptors (Lipinski definition) is 3. The molecule has 1 amide bonds. The molecule has 2 N–H and O–H groups in total. The fourth-order valence-electron chi connectivity index (χ4n) is 3.20. The minimum atomic E-state index is -0.580. The maximum atomic E-state index is 13.0. The summed E-state index contributed by atoms with van der Waals surface area (Å²) in [6.07, 6.45) is 5.39. The summed E-state index contributed by atoms with van der Waals surface area (Å²) in [4.78, 5) is 26.5. The van der Waals surface area contributed by atoms with Gasteiger partial charge in [-0.1, -0.05) is 30.3 Å². The normalized spacial score (nSPS) is 17.0. The van der Waals surface area contributed by atoms with Gasteiger partial charge in [0.05, 0.1) is 19.4 Å². The third-order valence-corrected chi connectivity index (χ3v) is 4.49. The number of ketones is 1. The van der Waals surface area contributed by atoms with Gasteiger partial charge < -0.3 is 9.32 Å². The number of carbonyl (C=O) groups is 2. The summed E-state index contributed by atoms with van der Waals surface area (Å²) >= 11 is 0. The van der Waals surface area contributed by atoms with Crippen LogP contribution in [0.2, 0.25) is 0 Å². The standard InChI is InChI=1S/C19H22N2O3/c22-17(15-9-4-3-5-10-15)18(21-12-6-1-2-7-13-21)20-19(23)16-11-8-14-24-16/h3-5,8-11,14,18H,1-2,6-7,12-13H2,(H,20,23)/p+1/t18-/m1/s1. The number of hydrogen-bond donors (Lipinski definition) is 2. The number of likely N-dealkylation sites (tertiary alicyclic amines) is 1. The largest absolute Gasteiger partial charge is 0.459 e. The van der Waals surface area contributed by atoms with E-state index in [0.29, 0.717) is 5.56 Å². The van der Waals surface area contributed by atoms with Crippen molar-refractivity contribution in [2.24, 2.45) is 0 Å². The third-order valence-electron chi connectivity index (χ3n) is 4.49. The smallest absolute Gasteiger partial charge is 0.291 e. The molecule has 0 aliphatic carbocycles. The average Bonchev–Trinajstić information content (AvgIpc) is 3.03. The molecule has 5 heteroatoms. The second-order valence-electron chi connectivity index (χ2n) is 6.19. The molecule has 1 fully saturated rings. The molecule has 0 radical (unpaired) electrons. The Labute approximate surface area is 141 Å². The van der Waals surface area contributed by atoms with Gasteiger partial charge in [0.1, 0.15) is 0 Å². The Bertz CT molecular complexity index is 659. The molecule has 126 valence electrons. The second-order valence-corrected chi connectivity index (χ2v) is 6.19. The van der Waals surface area contributed by atoms with Crippen LogP contribution in [0.15, 0.2) is 53.1 Å². The summed E-state index contributed by atoms with van der Waals surface area (Å²) in [7, 11) is 0. The zero-order valence-corrected chi connectivity index (χ0v) is 13.7. The number of furan rings is 1. The first-order chi connectivity index (χ1) is 11.8. The van der Waals surface area contributed by atoms with Gasteiger partial charge in [-0.2, -0.15) is 0 Å². The van der Waals surface area contributed by atoms with Crippen LogP contribution < -0.4 is 10.2 Å². The second kappa shape index (κ2) is 7.93. The van der Waals surface area contributed by atoms with Gasteiger partial charge in [-0.25, -0.2) is 0 Å². The van der Waals surface area contributed by atoms with Crippen LogP contribution in [0.3, 0.4) is 0 Å². The minimum absolute atomic E-state index is 0.0487. The molecule has 2 aromatic rings. The number of Topliss-reactive ketones (excluding diaryl/α,β-unsaturated/α-hetero) is 1. The Balaban J connectivity index is 1.82. The van der Waals surface area contributed by atoms with E-state index in [-0.39, 0.29) is 17.5 Å². The van der Waals surface area contributed by atoms with E-state index in [4.69, 9.17) is 4.42 Å². The van der Waals surface area contributed by atoms with E-state index in [0.717, 1.165) is 30.8 Å². The Morgan fingerprint density at radius 1 is 0.958 bits per heavy atom. The molecule has 1 saturated heterocycles. The summed E-state index contributed by atoms with van der Waals surface area (Å²) < 4.78 is 5.16. The van der Waals surface area contributed by atoms with Crippen molar-refractivity contribution in [2.45, 2.75) is 31.8 Å². The Morgan fingerprint density at radius 3 is 2.29 bits per heavy atom. The van der Waals surface area contributed by atoms with E-state index in [9.17, 15) is 9.59 Å². The van der Waals surface area contributed by atoms with Crippen molar-refractivity contribution < 1.29 is 18.9 Å². The van der Waals surface area contributed by atoms with E-state index >= 15 is 0 Å². The Hall–Kier alpha value is -2.40. The van der Waals surface area contributed by atoms with Crippen LogP contribution in [0, 0.1) is 0 Å². The SMILES string of the molecule is O=C(N[C@@H](C(=O)c1ccccc1)[NH+]1CCCCCC1)c1ccco1. The fraction of sp³-hybridized carbons (Fsp3) is 0.368. The van der Waals surface area contributed by atoms with Crippen LogP contribution in [0.5, 0.6) is 0 Å². The van der Waals surface area contributed by atoms with Crippen LogP contribution in [0.25, 0.3) is 0 Å². The first-order valence-electron chi connectivity index (χ1n) is 8.54. The van der Waals surface area contributed by atoms with Crippen molar-refractivity contribution in [1.29, 1.82) is 0 Å². The molecule has 1 aromatic heterocycles. The molecule has 0 spiro atoms. The summed E-state index contributed by atoms with van der Waals surface area (Å²) in [5, 5.41) is 2.90. The van der Waals surface area contributed by atoms with Crippen LogP contribution in [0.4, 0.5) is 0 Å². The molecule has 0 saturated carbocycles. The van der Waals surface area contributed by atoms with Gasteiger partial charge in [0.2, 0.25) is 11.9 Å². The molecule has 3 rings (SSSR count). The highest BCUT2D eigenvalue weighted by atomic mass is 16.3. The number of rotatable bonds is 5. The lowest BCUT2D eigenvalue weighted by atomic mass is 10.1. The molecule has 0 unspecified atom stereocenters. The highest BCUT2D eigenvalue weighted by molar-refractivity contribution is 6.02.